The normalized spacial score (nSPS) is 10.1. The molecule has 0 aliphatic rings. The molecular weight excluding hydrogens is 244 g/mol. The maximum absolute atomic E-state index is 11.8. The van der Waals surface area contributed by atoms with Gasteiger partial charge in [0.1, 0.15) is 0 Å². The van der Waals surface area contributed by atoms with Gasteiger partial charge in [-0.15, -0.1) is 11.3 Å². The first-order valence-electron chi connectivity index (χ1n) is 4.64. The average molecular weight is 253 g/mol. The summed E-state index contributed by atoms with van der Waals surface area (Å²) < 4.78 is 0. The lowest BCUT2D eigenvalue weighted by molar-refractivity contribution is 0.102. The van der Waals surface area contributed by atoms with E-state index in [9.17, 15) is 4.79 Å². The van der Waals surface area contributed by atoms with E-state index in [0.29, 0.717) is 15.7 Å². The first-order valence-corrected chi connectivity index (χ1v) is 5.90. The number of nitrogens with one attached hydrogen (secondary N) is 1. The van der Waals surface area contributed by atoms with Crippen molar-refractivity contribution in [3.63, 3.8) is 0 Å². The van der Waals surface area contributed by atoms with Crippen molar-refractivity contribution in [2.75, 3.05) is 5.32 Å². The first-order chi connectivity index (χ1) is 7.68. The van der Waals surface area contributed by atoms with Gasteiger partial charge in [-0.1, -0.05) is 23.7 Å². The van der Waals surface area contributed by atoms with Crippen LogP contribution in [0, 0.1) is 6.92 Å². The summed E-state index contributed by atoms with van der Waals surface area (Å²) in [4.78, 5) is 15.7. The van der Waals surface area contributed by atoms with Crippen molar-refractivity contribution in [1.29, 1.82) is 0 Å². The largest absolute Gasteiger partial charge is 0.318 e. The fourth-order valence-electron chi connectivity index (χ4n) is 1.29. The van der Waals surface area contributed by atoms with Crippen LogP contribution in [0.15, 0.2) is 29.8 Å². The number of aryl methyl sites for hydroxylation is 1. The third-order valence-corrected chi connectivity index (χ3v) is 3.17. The van der Waals surface area contributed by atoms with Gasteiger partial charge in [0.25, 0.3) is 5.91 Å². The first kappa shape index (κ1) is 11.1. The van der Waals surface area contributed by atoms with Gasteiger partial charge in [-0.3, -0.25) is 4.79 Å². The third-order valence-electron chi connectivity index (χ3n) is 2.09. The van der Waals surface area contributed by atoms with Gasteiger partial charge in [0.2, 0.25) is 0 Å². The number of nitrogens with zero attached hydrogens (tertiary/aromatic N) is 1. The van der Waals surface area contributed by atoms with Crippen LogP contribution in [-0.2, 0) is 0 Å². The van der Waals surface area contributed by atoms with Gasteiger partial charge >= 0.3 is 0 Å². The maximum atomic E-state index is 11.8. The fourth-order valence-corrected chi connectivity index (χ4v) is 2.09. The van der Waals surface area contributed by atoms with Crippen molar-refractivity contribution >= 4 is 34.5 Å². The number of carbonyl (C=O) groups excluding carboxylic acids is 1. The summed E-state index contributed by atoms with van der Waals surface area (Å²) in [6, 6.07) is 5.48. The predicted octanol–water partition coefficient (Wildman–Crippen LogP) is 3.36. The Morgan fingerprint density at radius 2 is 2.31 bits per heavy atom. The highest BCUT2D eigenvalue weighted by atomic mass is 35.5. The highest BCUT2D eigenvalue weighted by Gasteiger charge is 2.11. The summed E-state index contributed by atoms with van der Waals surface area (Å²) >= 11 is 7.30. The summed E-state index contributed by atoms with van der Waals surface area (Å²) in [5.41, 5.74) is 1.57. The van der Waals surface area contributed by atoms with Gasteiger partial charge in [-0.25, -0.2) is 4.98 Å². The summed E-state index contributed by atoms with van der Waals surface area (Å²) in [5.74, 6) is -0.230. The molecular formula is C11H9ClN2OS. The number of benzene rings is 1. The summed E-state index contributed by atoms with van der Waals surface area (Å²) in [5, 5.41) is 5.48. The number of para-hydroxylation sites is 1. The molecule has 3 nitrogen and oxygen atoms in total. The lowest BCUT2D eigenvalue weighted by atomic mass is 10.2. The fraction of sp³-hybridized carbons (Fsp3) is 0.0909. The smallest absolute Gasteiger partial charge is 0.284 e. The SMILES string of the molecule is Cc1cccc(Cl)c1NC(=O)c1nccs1. The molecule has 1 aromatic carbocycles. The summed E-state index contributed by atoms with van der Waals surface area (Å²) in [7, 11) is 0. The Balaban J connectivity index is 2.25. The third kappa shape index (κ3) is 2.23. The molecule has 0 spiro atoms. The van der Waals surface area contributed by atoms with E-state index in [1.54, 1.807) is 17.6 Å². The van der Waals surface area contributed by atoms with Gasteiger partial charge in [0.05, 0.1) is 10.7 Å². The Morgan fingerprint density at radius 1 is 1.50 bits per heavy atom. The Labute approximate surface area is 102 Å². The number of hydrogen-bond acceptors (Lipinski definition) is 3. The average Bonchev–Trinajstić information content (AvgIpc) is 2.76. The quantitative estimate of drug-likeness (QED) is 0.891. The zero-order valence-electron chi connectivity index (χ0n) is 8.53. The molecule has 0 saturated carbocycles. The van der Waals surface area contributed by atoms with E-state index < -0.39 is 0 Å². The molecule has 0 atom stereocenters. The number of aromatic nitrogens is 1. The standard InChI is InChI=1S/C11H9ClN2OS/c1-7-3-2-4-8(12)9(7)14-10(15)11-13-5-6-16-11/h2-6H,1H3,(H,14,15). The van der Waals surface area contributed by atoms with Crippen LogP contribution in [0.3, 0.4) is 0 Å². The van der Waals surface area contributed by atoms with E-state index in [0.717, 1.165) is 5.56 Å². The van der Waals surface area contributed by atoms with Crippen LogP contribution in [0.25, 0.3) is 0 Å². The summed E-state index contributed by atoms with van der Waals surface area (Å²) in [6.45, 7) is 1.89. The number of anilines is 1. The Bertz CT molecular complexity index is 490. The number of hydrogen-bond donors (Lipinski definition) is 1. The minimum absolute atomic E-state index is 0.230. The van der Waals surface area contributed by atoms with E-state index in [1.165, 1.54) is 11.3 Å². The van der Waals surface area contributed by atoms with Crippen molar-refractivity contribution in [1.82, 2.24) is 4.98 Å². The molecule has 1 heterocycles. The molecule has 1 N–H and O–H groups in total. The van der Waals surface area contributed by atoms with Crippen LogP contribution < -0.4 is 5.32 Å². The second kappa shape index (κ2) is 4.63. The van der Waals surface area contributed by atoms with Gasteiger partial charge in [-0.2, -0.15) is 0 Å². The Hall–Kier alpha value is -1.39. The van der Waals surface area contributed by atoms with Crippen LogP contribution in [0.5, 0.6) is 0 Å². The molecule has 5 heteroatoms. The molecule has 0 bridgehead atoms. The van der Waals surface area contributed by atoms with Gasteiger partial charge < -0.3 is 5.32 Å². The minimum Gasteiger partial charge on any atom is -0.318 e. The van der Waals surface area contributed by atoms with E-state index in [2.05, 4.69) is 10.3 Å². The van der Waals surface area contributed by atoms with Gasteiger partial charge in [-0.05, 0) is 18.6 Å². The number of rotatable bonds is 2. The molecule has 0 unspecified atom stereocenters. The molecule has 0 saturated heterocycles. The topological polar surface area (TPSA) is 42.0 Å². The molecule has 0 radical (unpaired) electrons. The van der Waals surface area contributed by atoms with E-state index in [4.69, 9.17) is 11.6 Å². The molecule has 0 aliphatic heterocycles. The van der Waals surface area contributed by atoms with Crippen LogP contribution in [0.2, 0.25) is 5.02 Å². The molecule has 0 aliphatic carbocycles. The van der Waals surface area contributed by atoms with Crippen LogP contribution in [0.4, 0.5) is 5.69 Å². The Kier molecular flexibility index (Phi) is 3.22. The summed E-state index contributed by atoms with van der Waals surface area (Å²) in [6.07, 6.45) is 1.60. The van der Waals surface area contributed by atoms with Crippen molar-refractivity contribution in [2.45, 2.75) is 6.92 Å². The molecule has 2 aromatic rings. The van der Waals surface area contributed by atoms with Crippen molar-refractivity contribution in [2.24, 2.45) is 0 Å². The highest BCUT2D eigenvalue weighted by Crippen LogP contribution is 2.25. The highest BCUT2D eigenvalue weighted by molar-refractivity contribution is 7.11. The molecule has 1 aromatic heterocycles. The second-order valence-corrected chi connectivity index (χ2v) is 4.52. The van der Waals surface area contributed by atoms with Gasteiger partial charge in [0.15, 0.2) is 5.01 Å². The second-order valence-electron chi connectivity index (χ2n) is 3.22. The molecule has 1 amide bonds. The van der Waals surface area contributed by atoms with Crippen LogP contribution >= 0.6 is 22.9 Å². The lowest BCUT2D eigenvalue weighted by Crippen LogP contribution is -2.12. The molecule has 82 valence electrons. The zero-order valence-corrected chi connectivity index (χ0v) is 10.1. The van der Waals surface area contributed by atoms with Gasteiger partial charge in [0, 0.05) is 11.6 Å². The van der Waals surface area contributed by atoms with E-state index in [1.807, 2.05) is 19.1 Å². The molecule has 2 rings (SSSR count). The number of amides is 1. The predicted molar refractivity (Wildman–Crippen MR) is 66.3 cm³/mol. The number of halogens is 1. The molecule has 16 heavy (non-hydrogen) atoms. The molecule has 0 fully saturated rings. The van der Waals surface area contributed by atoms with Crippen LogP contribution in [-0.4, -0.2) is 10.9 Å². The van der Waals surface area contributed by atoms with E-state index in [-0.39, 0.29) is 5.91 Å². The number of thiazole rings is 1. The van der Waals surface area contributed by atoms with E-state index >= 15 is 0 Å². The van der Waals surface area contributed by atoms with Crippen molar-refractivity contribution in [3.8, 4) is 0 Å². The Morgan fingerprint density at radius 3 is 2.94 bits per heavy atom. The zero-order chi connectivity index (χ0) is 11.5. The lowest BCUT2D eigenvalue weighted by Gasteiger charge is -2.08. The van der Waals surface area contributed by atoms with Crippen LogP contribution in [0.1, 0.15) is 15.4 Å². The maximum Gasteiger partial charge on any atom is 0.284 e. The van der Waals surface area contributed by atoms with Crippen molar-refractivity contribution in [3.05, 3.63) is 45.4 Å². The van der Waals surface area contributed by atoms with Crippen molar-refractivity contribution < 1.29 is 4.79 Å². The number of carbonyl (C=O) groups is 1. The minimum atomic E-state index is -0.230. The monoisotopic (exact) mass is 252 g/mol.